The lowest BCUT2D eigenvalue weighted by atomic mass is 9.71. The molecular weight excluding hydrogens is 854 g/mol. The number of anilines is 2. The van der Waals surface area contributed by atoms with Gasteiger partial charge in [0.1, 0.15) is 23.5 Å². The van der Waals surface area contributed by atoms with Crippen molar-refractivity contribution in [3.8, 4) is 28.3 Å². The topological polar surface area (TPSA) is 176 Å². The number of hydrogen-bond donors (Lipinski definition) is 4. The van der Waals surface area contributed by atoms with Gasteiger partial charge in [-0.2, -0.15) is 0 Å². The van der Waals surface area contributed by atoms with Crippen LogP contribution in [-0.2, 0) is 11.2 Å². The Morgan fingerprint density at radius 1 is 0.940 bits per heavy atom. The molecular formula is C51H60FN9O6. The molecule has 4 fully saturated rings. The Balaban J connectivity index is 0.782. The number of aliphatic hydroxyl groups is 1. The Hall–Kier alpha value is -6.39. The third-order valence-corrected chi connectivity index (χ3v) is 14.5. The van der Waals surface area contributed by atoms with Gasteiger partial charge in [0.15, 0.2) is 0 Å². The van der Waals surface area contributed by atoms with E-state index >= 15 is 4.39 Å². The molecule has 4 saturated heterocycles. The zero-order valence-electron chi connectivity index (χ0n) is 38.7. The molecule has 2 unspecified atom stereocenters. The molecule has 5 aromatic rings. The minimum absolute atomic E-state index is 0.00965. The highest BCUT2D eigenvalue weighted by Gasteiger charge is 2.39. The Morgan fingerprint density at radius 3 is 2.40 bits per heavy atom. The van der Waals surface area contributed by atoms with Crippen LogP contribution in [0.15, 0.2) is 67.0 Å². The number of amides is 6. The number of rotatable bonds is 11. The monoisotopic (exact) mass is 913 g/mol. The normalized spacial score (nSPS) is 20.0. The van der Waals surface area contributed by atoms with Gasteiger partial charge in [0.2, 0.25) is 5.91 Å². The number of imide groups is 1. The first-order valence-electron chi connectivity index (χ1n) is 23.5. The van der Waals surface area contributed by atoms with Gasteiger partial charge < -0.3 is 34.8 Å². The first kappa shape index (κ1) is 45.8. The zero-order chi connectivity index (χ0) is 47.0. The van der Waals surface area contributed by atoms with Gasteiger partial charge in [0.25, 0.3) is 5.91 Å². The number of nitrogens with one attached hydrogen (secondary N) is 3. The Morgan fingerprint density at radius 2 is 1.69 bits per heavy atom. The summed E-state index contributed by atoms with van der Waals surface area (Å²) in [6.07, 6.45) is 6.92. The summed E-state index contributed by atoms with van der Waals surface area (Å²) in [5.74, 6) is -0.00264. The third-order valence-electron chi connectivity index (χ3n) is 14.5. The molecule has 2 aromatic heterocycles. The Labute approximate surface area is 390 Å². The fourth-order valence-corrected chi connectivity index (χ4v) is 10.5. The number of ether oxygens (including phenoxy) is 1. The number of hydrogen-bond acceptors (Lipinski definition) is 9. The van der Waals surface area contributed by atoms with Crippen LogP contribution in [0.3, 0.4) is 0 Å². The lowest BCUT2D eigenvalue weighted by Crippen LogP contribution is -2.50. The number of urea groups is 2. The summed E-state index contributed by atoms with van der Waals surface area (Å²) >= 11 is 0. The van der Waals surface area contributed by atoms with Gasteiger partial charge in [0.05, 0.1) is 24.6 Å². The SMILES string of the molecule is COc1ccc(C(=O)N2CCC3(CCN(CCc4ccc(-c5cc6c(-c7cc(F)cc(NC(=O)N8CC(O)C(CC(C)C)C8)c7C)ncnc6[nH]5)cc4)CC3)CC2)cc1N1CCC(=O)NC1=O. The van der Waals surface area contributed by atoms with Crippen LogP contribution in [0.4, 0.5) is 25.4 Å². The number of benzene rings is 3. The second-order valence-corrected chi connectivity index (χ2v) is 19.3. The Kier molecular flexibility index (Phi) is 13.0. The number of nitrogens with zero attached hydrogens (tertiary/aromatic N) is 6. The number of aromatic amines is 1. The smallest absolute Gasteiger partial charge is 0.328 e. The number of H-pyrrole nitrogens is 1. The van der Waals surface area contributed by atoms with Gasteiger partial charge in [-0.15, -0.1) is 0 Å². The molecule has 0 bridgehead atoms. The minimum atomic E-state index is -0.585. The van der Waals surface area contributed by atoms with Gasteiger partial charge >= 0.3 is 12.1 Å². The molecule has 352 valence electrons. The van der Waals surface area contributed by atoms with Crippen molar-refractivity contribution >= 4 is 46.3 Å². The molecule has 6 heterocycles. The molecule has 9 rings (SSSR count). The van der Waals surface area contributed by atoms with Crippen molar-refractivity contribution in [1.82, 2.24) is 35.0 Å². The highest BCUT2D eigenvalue weighted by Crippen LogP contribution is 2.42. The van der Waals surface area contributed by atoms with E-state index in [1.54, 1.807) is 23.1 Å². The summed E-state index contributed by atoms with van der Waals surface area (Å²) < 4.78 is 20.7. The molecule has 67 heavy (non-hydrogen) atoms. The third kappa shape index (κ3) is 9.73. The van der Waals surface area contributed by atoms with Crippen molar-refractivity contribution in [2.75, 3.05) is 69.7 Å². The van der Waals surface area contributed by atoms with Gasteiger partial charge in [-0.1, -0.05) is 38.1 Å². The van der Waals surface area contributed by atoms with Crippen LogP contribution >= 0.6 is 0 Å². The number of methoxy groups -OCH3 is 1. The Bertz CT molecular complexity index is 2670. The highest BCUT2D eigenvalue weighted by molar-refractivity contribution is 6.07. The number of aliphatic hydroxyl groups excluding tert-OH is 1. The molecule has 4 N–H and O–H groups in total. The van der Waals surface area contributed by atoms with E-state index in [-0.39, 0.29) is 48.7 Å². The summed E-state index contributed by atoms with van der Waals surface area (Å²) in [5.41, 5.74) is 7.06. The van der Waals surface area contributed by atoms with E-state index in [2.05, 4.69) is 68.6 Å². The van der Waals surface area contributed by atoms with Gasteiger partial charge in [-0.05, 0) is 123 Å². The van der Waals surface area contributed by atoms with Gasteiger partial charge in [-0.25, -0.2) is 23.9 Å². The maximum absolute atomic E-state index is 15.2. The van der Waals surface area contributed by atoms with Crippen LogP contribution < -0.4 is 20.3 Å². The zero-order valence-corrected chi connectivity index (χ0v) is 38.7. The second kappa shape index (κ2) is 19.1. The lowest BCUT2D eigenvalue weighted by molar-refractivity contribution is -0.120. The van der Waals surface area contributed by atoms with Crippen LogP contribution in [0.5, 0.6) is 5.75 Å². The van der Waals surface area contributed by atoms with Gasteiger partial charge in [-0.3, -0.25) is 19.8 Å². The maximum Gasteiger partial charge on any atom is 0.328 e. The predicted molar refractivity (Wildman–Crippen MR) is 254 cm³/mol. The van der Waals surface area contributed by atoms with Crippen LogP contribution in [-0.4, -0.2) is 124 Å². The van der Waals surface area contributed by atoms with E-state index in [0.717, 1.165) is 74.8 Å². The number of β-amino-alcohol motifs (C(OH)–C–C–N with tert-alkyl or cyclic N) is 1. The molecule has 15 nitrogen and oxygen atoms in total. The van der Waals surface area contributed by atoms with Crippen molar-refractivity contribution < 1.29 is 33.4 Å². The summed E-state index contributed by atoms with van der Waals surface area (Å²) in [6.45, 7) is 11.3. The molecule has 3 aromatic carbocycles. The second-order valence-electron chi connectivity index (χ2n) is 19.3. The minimum Gasteiger partial charge on any atom is -0.495 e. The molecule has 0 radical (unpaired) electrons. The molecule has 6 amide bonds. The van der Waals surface area contributed by atoms with E-state index in [1.807, 2.05) is 17.9 Å². The van der Waals surface area contributed by atoms with E-state index in [9.17, 15) is 24.3 Å². The summed E-state index contributed by atoms with van der Waals surface area (Å²) in [5, 5.41) is 16.6. The average Bonchev–Trinajstić information content (AvgIpc) is 3.93. The lowest BCUT2D eigenvalue weighted by Gasteiger charge is -2.47. The number of carbonyl (C=O) groups is 4. The standard InChI is InChI=1S/C51H60FN9O6/c1-31(2)23-36-28-60(29-43(36)62)49(65)56-40-26-37(52)25-38(32(40)3)46-39-27-41(55-47(39)54-30-53-46)34-7-5-33(6-8-34)11-17-58-19-13-51(14-20-58)15-21-59(22-16-51)48(64)35-9-10-44(67-4)42(24-35)61-18-12-45(63)57-50(61)66/h5-10,24-27,30-31,36,43,62H,11-23,28-29H2,1-4H3,(H,56,65)(H,53,54,55)(H,57,63,66). The van der Waals surface area contributed by atoms with E-state index in [0.29, 0.717) is 70.7 Å². The number of piperidine rings is 2. The summed E-state index contributed by atoms with van der Waals surface area (Å²) in [4.78, 5) is 71.4. The van der Waals surface area contributed by atoms with Gasteiger partial charge in [0, 0.05) is 79.5 Å². The van der Waals surface area contributed by atoms with Crippen molar-refractivity contribution in [2.24, 2.45) is 17.3 Å². The van der Waals surface area contributed by atoms with Crippen molar-refractivity contribution in [2.45, 2.75) is 71.8 Å². The number of likely N-dealkylation sites (tertiary alicyclic amines) is 3. The molecule has 0 aliphatic carbocycles. The maximum atomic E-state index is 15.2. The predicted octanol–water partition coefficient (Wildman–Crippen LogP) is 7.63. The fraction of sp³-hybridized carbons (Fsp3) is 0.451. The summed E-state index contributed by atoms with van der Waals surface area (Å²) in [6, 6.07) is 17.5. The quantitative estimate of drug-likeness (QED) is 0.104. The fourth-order valence-electron chi connectivity index (χ4n) is 10.5. The van der Waals surface area contributed by atoms with Crippen LogP contribution in [0.1, 0.15) is 73.9 Å². The van der Waals surface area contributed by atoms with Crippen LogP contribution in [0.2, 0.25) is 0 Å². The molecule has 0 saturated carbocycles. The largest absolute Gasteiger partial charge is 0.495 e. The molecule has 1 spiro atoms. The van der Waals surface area contributed by atoms with E-state index < -0.39 is 18.0 Å². The number of halogens is 1. The van der Waals surface area contributed by atoms with E-state index in [1.165, 1.54) is 36.0 Å². The van der Waals surface area contributed by atoms with Crippen molar-refractivity contribution in [1.29, 1.82) is 0 Å². The molecule has 4 aliphatic rings. The number of fused-ring (bicyclic) bond motifs is 1. The summed E-state index contributed by atoms with van der Waals surface area (Å²) in [7, 11) is 1.52. The first-order valence-corrected chi connectivity index (χ1v) is 23.5. The van der Waals surface area contributed by atoms with Crippen molar-refractivity contribution in [3.05, 3.63) is 89.5 Å². The molecule has 16 heteroatoms. The molecule has 2 atom stereocenters. The average molecular weight is 914 g/mol. The number of aromatic nitrogens is 3. The van der Waals surface area contributed by atoms with E-state index in [4.69, 9.17) is 4.74 Å². The molecule has 4 aliphatic heterocycles. The highest BCUT2D eigenvalue weighted by atomic mass is 19.1. The van der Waals surface area contributed by atoms with Crippen molar-refractivity contribution in [3.63, 3.8) is 0 Å². The first-order chi connectivity index (χ1) is 32.3. The van der Waals surface area contributed by atoms with Crippen LogP contribution in [0, 0.1) is 30.0 Å². The van der Waals surface area contributed by atoms with Crippen LogP contribution in [0.25, 0.3) is 33.5 Å². The number of carbonyl (C=O) groups excluding carboxylic acids is 4.